The summed E-state index contributed by atoms with van der Waals surface area (Å²) in [5, 5.41) is 2.23. The average molecular weight is 872 g/mol. The minimum absolute atomic E-state index is 0.0263. The third-order valence-electron chi connectivity index (χ3n) is 10.8. The first kappa shape index (κ1) is 38.4. The Morgan fingerprint density at radius 3 is 0.897 bits per heavy atom. The van der Waals surface area contributed by atoms with Crippen LogP contribution in [0.5, 0.6) is 0 Å². The van der Waals surface area contributed by atoms with E-state index < -0.39 is 47.1 Å². The van der Waals surface area contributed by atoms with Crippen LogP contribution in [-0.2, 0) is 25.2 Å². The Morgan fingerprint density at radius 1 is 0.397 bits per heavy atom. The van der Waals surface area contributed by atoms with Crippen LogP contribution in [-0.4, -0.2) is 46.5 Å². The maximum atomic E-state index is 14.1. The fraction of sp³-hybridized carbons (Fsp3) is 0.143. The fourth-order valence-electron chi connectivity index (χ4n) is 8.17. The Labute approximate surface area is 342 Å². The Balaban J connectivity index is 1.16. The van der Waals surface area contributed by atoms with Gasteiger partial charge in [0.1, 0.15) is 0 Å². The topological polar surface area (TPSA) is 74.8 Å². The zero-order valence-electron chi connectivity index (χ0n) is 29.1. The van der Waals surface area contributed by atoms with Crippen molar-refractivity contribution in [2.24, 2.45) is 0 Å². The van der Waals surface area contributed by atoms with Crippen LogP contribution in [0.3, 0.4) is 0 Å². The van der Waals surface area contributed by atoms with Crippen molar-refractivity contribution in [2.75, 3.05) is 13.1 Å². The number of halogens is 10. The van der Waals surface area contributed by atoms with Crippen LogP contribution in [0, 0.1) is 0 Å². The second kappa shape index (κ2) is 13.2. The largest absolute Gasteiger partial charge is 0.416 e. The third kappa shape index (κ3) is 5.71. The number of hydrogen-bond acceptors (Lipinski definition) is 4. The molecule has 7 aromatic rings. The highest BCUT2D eigenvalue weighted by atomic mass is 35.5. The molecule has 2 heterocycles. The predicted molar refractivity (Wildman–Crippen MR) is 209 cm³/mol. The van der Waals surface area contributed by atoms with Crippen molar-refractivity contribution in [1.29, 1.82) is 0 Å². The summed E-state index contributed by atoms with van der Waals surface area (Å²) in [5.41, 5.74) is -0.537. The molecule has 0 aromatic heterocycles. The summed E-state index contributed by atoms with van der Waals surface area (Å²) in [6, 6.07) is 14.3. The molecule has 0 bridgehead atoms. The quantitative estimate of drug-likeness (QED) is 0.0722. The van der Waals surface area contributed by atoms with Crippen molar-refractivity contribution in [3.05, 3.63) is 137 Å². The Hall–Kier alpha value is -5.14. The van der Waals surface area contributed by atoms with Gasteiger partial charge in [0, 0.05) is 76.3 Å². The molecule has 4 amide bonds. The molecule has 2 aliphatic rings. The molecule has 16 heteroatoms. The normalized spacial score (nSPS) is 14.7. The van der Waals surface area contributed by atoms with Crippen LogP contribution in [0.2, 0.25) is 20.1 Å². The number of rotatable bonds is 6. The number of carbonyl (C=O) groups is 4. The number of hydrogen-bond donors (Lipinski definition) is 0. The number of amides is 4. The van der Waals surface area contributed by atoms with Crippen molar-refractivity contribution in [3.63, 3.8) is 0 Å². The first-order chi connectivity index (χ1) is 27.4. The van der Waals surface area contributed by atoms with E-state index in [2.05, 4.69) is 0 Å². The van der Waals surface area contributed by atoms with E-state index in [-0.39, 0.29) is 101 Å². The maximum Gasteiger partial charge on any atom is 0.416 e. The van der Waals surface area contributed by atoms with Gasteiger partial charge in [-0.05, 0) is 72.5 Å². The molecule has 0 atom stereocenters. The van der Waals surface area contributed by atoms with Crippen molar-refractivity contribution >= 4 is 113 Å². The highest BCUT2D eigenvalue weighted by Crippen LogP contribution is 2.53. The summed E-state index contributed by atoms with van der Waals surface area (Å²) in [6.45, 7) is -0.338. The molecule has 0 aliphatic carbocycles. The third-order valence-corrected chi connectivity index (χ3v) is 12.0. The number of benzene rings is 7. The molecule has 0 fully saturated rings. The van der Waals surface area contributed by atoms with Crippen LogP contribution in [0.1, 0.15) is 63.7 Å². The first-order valence-electron chi connectivity index (χ1n) is 17.4. The molecule has 0 radical (unpaired) electrons. The van der Waals surface area contributed by atoms with Gasteiger partial charge in [0.15, 0.2) is 0 Å². The van der Waals surface area contributed by atoms with E-state index in [1.807, 2.05) is 0 Å². The van der Waals surface area contributed by atoms with Crippen molar-refractivity contribution in [2.45, 2.75) is 25.2 Å². The summed E-state index contributed by atoms with van der Waals surface area (Å²) in [7, 11) is 0. The molecule has 0 N–H and O–H groups in total. The lowest BCUT2D eigenvalue weighted by Gasteiger charge is -2.31. The van der Waals surface area contributed by atoms with E-state index >= 15 is 0 Å². The smallest absolute Gasteiger partial charge is 0.274 e. The van der Waals surface area contributed by atoms with Crippen molar-refractivity contribution in [1.82, 2.24) is 9.80 Å². The van der Waals surface area contributed by atoms with E-state index in [0.29, 0.717) is 21.9 Å². The highest BCUT2D eigenvalue weighted by molar-refractivity contribution is 6.56. The molecule has 6 nitrogen and oxygen atoms in total. The monoisotopic (exact) mass is 870 g/mol. The van der Waals surface area contributed by atoms with Gasteiger partial charge < -0.3 is 0 Å². The van der Waals surface area contributed by atoms with E-state index in [9.17, 15) is 45.5 Å². The van der Waals surface area contributed by atoms with E-state index in [0.717, 1.165) is 34.1 Å². The summed E-state index contributed by atoms with van der Waals surface area (Å²) < 4.78 is 78.7. The lowest BCUT2D eigenvalue weighted by atomic mass is 9.82. The molecule has 7 aromatic carbocycles. The second-order valence-corrected chi connectivity index (χ2v) is 15.7. The molecule has 0 spiro atoms. The lowest BCUT2D eigenvalue weighted by molar-refractivity contribution is -0.138. The SMILES string of the molecule is O=C1c2cc(Cl)c3c4c(Cl)cc5c6c(cc(Cl)c(c7c(Cl)cc(c2c37)C(=O)N1CCc1ccc(C(F)(F)F)cc1)c64)C(=O)N(CCc1ccc(C(F)(F)F)cc1)C5=O. The zero-order chi connectivity index (χ0) is 41.3. The Bertz CT molecular complexity index is 2670. The predicted octanol–water partition coefficient (Wildman–Crippen LogP) is 12.1. The minimum atomic E-state index is -4.53. The molecular formula is C42H20Cl4F6N2O4. The van der Waals surface area contributed by atoms with Gasteiger partial charge in [-0.3, -0.25) is 29.0 Å². The Kier molecular flexibility index (Phi) is 8.73. The molecule has 9 rings (SSSR count). The van der Waals surface area contributed by atoms with Gasteiger partial charge in [-0.2, -0.15) is 26.3 Å². The number of carbonyl (C=O) groups excluding carboxylic acids is 4. The molecule has 0 unspecified atom stereocenters. The number of fused-ring (bicyclic) bond motifs is 2. The second-order valence-electron chi connectivity index (χ2n) is 14.0. The van der Waals surface area contributed by atoms with Crippen LogP contribution in [0.4, 0.5) is 26.3 Å². The minimum Gasteiger partial charge on any atom is -0.274 e. The molecule has 292 valence electrons. The van der Waals surface area contributed by atoms with Crippen molar-refractivity contribution < 1.29 is 45.5 Å². The van der Waals surface area contributed by atoms with Gasteiger partial charge in [-0.1, -0.05) is 70.7 Å². The van der Waals surface area contributed by atoms with E-state index in [1.165, 1.54) is 48.5 Å². The standard InChI is InChI=1S/C42H20Cl4F6N2O4/c43-25-13-21-29-22(38(56)53(37(21)55)11-9-17-1-5-19(6-2-17)41(47,48)49)14-26(44)32-34-28(46)16-24-30-23(15-27(45)33(36(30)34)31(25)35(29)32)39(57)54(40(24)58)12-10-18-3-7-20(8-4-18)42(50,51)52/h1-8,13-16H,9-12H2. The van der Waals surface area contributed by atoms with E-state index in [4.69, 9.17) is 46.4 Å². The lowest BCUT2D eigenvalue weighted by Crippen LogP contribution is -2.41. The van der Waals surface area contributed by atoms with Gasteiger partial charge in [-0.25, -0.2) is 0 Å². The summed E-state index contributed by atoms with van der Waals surface area (Å²) in [6.07, 6.45) is -8.95. The summed E-state index contributed by atoms with van der Waals surface area (Å²) in [4.78, 5) is 58.3. The van der Waals surface area contributed by atoms with Crippen LogP contribution < -0.4 is 0 Å². The maximum absolute atomic E-state index is 14.1. The van der Waals surface area contributed by atoms with Crippen LogP contribution >= 0.6 is 46.4 Å². The average Bonchev–Trinajstić information content (AvgIpc) is 3.16. The number of alkyl halides is 6. The molecule has 0 saturated carbocycles. The summed E-state index contributed by atoms with van der Waals surface area (Å²) >= 11 is 28.1. The molecule has 2 aliphatic heterocycles. The highest BCUT2D eigenvalue weighted by Gasteiger charge is 2.40. The Morgan fingerprint density at radius 2 is 0.655 bits per heavy atom. The summed E-state index contributed by atoms with van der Waals surface area (Å²) in [5.74, 6) is -2.81. The van der Waals surface area contributed by atoms with Crippen LogP contribution in [0.25, 0.3) is 43.1 Å². The number of imide groups is 2. The van der Waals surface area contributed by atoms with Gasteiger partial charge in [0.25, 0.3) is 23.6 Å². The number of nitrogens with zero attached hydrogens (tertiary/aromatic N) is 2. The zero-order valence-corrected chi connectivity index (χ0v) is 32.1. The van der Waals surface area contributed by atoms with Gasteiger partial charge in [-0.15, -0.1) is 0 Å². The molecule has 58 heavy (non-hydrogen) atoms. The van der Waals surface area contributed by atoms with Crippen LogP contribution in [0.15, 0.2) is 72.8 Å². The van der Waals surface area contributed by atoms with Gasteiger partial charge >= 0.3 is 12.4 Å². The van der Waals surface area contributed by atoms with Crippen molar-refractivity contribution in [3.8, 4) is 0 Å². The molecular weight excluding hydrogens is 852 g/mol. The van der Waals surface area contributed by atoms with Gasteiger partial charge in [0.2, 0.25) is 0 Å². The van der Waals surface area contributed by atoms with E-state index in [1.54, 1.807) is 0 Å². The fourth-order valence-corrected chi connectivity index (χ4v) is 9.36. The molecule has 0 saturated heterocycles. The first-order valence-corrected chi connectivity index (χ1v) is 18.9. The van der Waals surface area contributed by atoms with Gasteiger partial charge in [0.05, 0.1) is 33.4 Å².